The lowest BCUT2D eigenvalue weighted by Gasteiger charge is -2.19. The monoisotopic (exact) mass is 432 g/mol. The Morgan fingerprint density at radius 2 is 0.821 bits per heavy atom. The predicted molar refractivity (Wildman–Crippen MR) is 122 cm³/mol. The topological polar surface area (TPSA) is 0 Å². The zero-order valence-corrected chi connectivity index (χ0v) is 18.1. The SMILES string of the molecule is c1ccc(Sc2ccc3c(c2)Sc2ccc(Sc4ccccc4)cc2S3)cc1. The molecular weight excluding hydrogens is 417 g/mol. The van der Waals surface area contributed by atoms with Gasteiger partial charge >= 0.3 is 0 Å². The lowest BCUT2D eigenvalue weighted by atomic mass is 10.3. The number of rotatable bonds is 4. The molecule has 4 aromatic rings. The highest BCUT2D eigenvalue weighted by atomic mass is 32.2. The fourth-order valence-corrected chi connectivity index (χ4v) is 7.10. The molecule has 0 spiro atoms. The van der Waals surface area contributed by atoms with E-state index in [9.17, 15) is 0 Å². The predicted octanol–water partition coefficient (Wildman–Crippen LogP) is 8.60. The van der Waals surface area contributed by atoms with Crippen molar-refractivity contribution in [1.29, 1.82) is 0 Å². The molecule has 1 aliphatic heterocycles. The third-order valence-electron chi connectivity index (χ3n) is 4.23. The first-order valence-electron chi connectivity index (χ1n) is 8.93. The molecule has 0 saturated heterocycles. The van der Waals surface area contributed by atoms with Crippen LogP contribution in [0.3, 0.4) is 0 Å². The Morgan fingerprint density at radius 3 is 1.25 bits per heavy atom. The van der Waals surface area contributed by atoms with Gasteiger partial charge in [-0.15, -0.1) is 0 Å². The molecule has 0 unspecified atom stereocenters. The number of hydrogen-bond donors (Lipinski definition) is 0. The van der Waals surface area contributed by atoms with Crippen LogP contribution < -0.4 is 0 Å². The van der Waals surface area contributed by atoms with Crippen LogP contribution in [0.15, 0.2) is 136 Å². The second-order valence-corrected chi connectivity index (χ2v) is 10.7. The lowest BCUT2D eigenvalue weighted by Crippen LogP contribution is -1.90. The van der Waals surface area contributed by atoms with E-state index < -0.39 is 0 Å². The Kier molecular flexibility index (Phi) is 5.45. The molecule has 0 atom stereocenters. The van der Waals surface area contributed by atoms with E-state index in [-0.39, 0.29) is 0 Å². The van der Waals surface area contributed by atoms with Crippen LogP contribution in [0.5, 0.6) is 0 Å². The Morgan fingerprint density at radius 1 is 0.393 bits per heavy atom. The maximum absolute atomic E-state index is 2.32. The van der Waals surface area contributed by atoms with Gasteiger partial charge in [0.25, 0.3) is 0 Å². The highest BCUT2D eigenvalue weighted by Gasteiger charge is 2.18. The molecule has 5 rings (SSSR count). The van der Waals surface area contributed by atoms with E-state index in [0.29, 0.717) is 0 Å². The van der Waals surface area contributed by atoms with Crippen molar-refractivity contribution in [1.82, 2.24) is 0 Å². The van der Waals surface area contributed by atoms with Crippen LogP contribution >= 0.6 is 47.0 Å². The van der Waals surface area contributed by atoms with Crippen LogP contribution in [0.4, 0.5) is 0 Å². The normalized spacial score (nSPS) is 12.3. The van der Waals surface area contributed by atoms with Crippen molar-refractivity contribution in [3.05, 3.63) is 97.1 Å². The Hall–Kier alpha value is -1.72. The summed E-state index contributed by atoms with van der Waals surface area (Å²) in [6, 6.07) is 34.8. The molecule has 0 aliphatic carbocycles. The number of benzene rings is 4. The first-order chi connectivity index (χ1) is 13.8. The van der Waals surface area contributed by atoms with Gasteiger partial charge < -0.3 is 0 Å². The van der Waals surface area contributed by atoms with Crippen molar-refractivity contribution >= 4 is 47.0 Å². The van der Waals surface area contributed by atoms with E-state index in [1.807, 2.05) is 47.0 Å². The van der Waals surface area contributed by atoms with Crippen molar-refractivity contribution in [2.24, 2.45) is 0 Å². The number of fused-ring (bicyclic) bond motifs is 2. The van der Waals surface area contributed by atoms with Crippen LogP contribution in [0.1, 0.15) is 0 Å². The molecule has 4 aromatic carbocycles. The van der Waals surface area contributed by atoms with E-state index in [0.717, 1.165) is 0 Å². The molecule has 0 N–H and O–H groups in total. The maximum atomic E-state index is 2.32. The molecule has 0 aromatic heterocycles. The molecule has 0 bridgehead atoms. The fourth-order valence-electron chi connectivity index (χ4n) is 2.92. The number of hydrogen-bond acceptors (Lipinski definition) is 4. The largest absolute Gasteiger partial charge is 0.0901 e. The average Bonchev–Trinajstić information content (AvgIpc) is 2.74. The molecule has 1 heterocycles. The zero-order valence-electron chi connectivity index (χ0n) is 14.9. The summed E-state index contributed by atoms with van der Waals surface area (Å²) in [6.07, 6.45) is 0. The summed E-state index contributed by atoms with van der Waals surface area (Å²) in [4.78, 5) is 10.5. The summed E-state index contributed by atoms with van der Waals surface area (Å²) in [5, 5.41) is 0. The van der Waals surface area contributed by atoms with Gasteiger partial charge in [-0.1, -0.05) is 83.4 Å². The van der Waals surface area contributed by atoms with Crippen molar-refractivity contribution in [2.75, 3.05) is 0 Å². The average molecular weight is 433 g/mol. The molecule has 0 fully saturated rings. The molecule has 0 saturated carbocycles. The highest BCUT2D eigenvalue weighted by molar-refractivity contribution is 8.05. The molecule has 0 radical (unpaired) electrons. The lowest BCUT2D eigenvalue weighted by molar-refractivity contribution is 1.11. The molecular formula is C24H16S4. The fraction of sp³-hybridized carbons (Fsp3) is 0. The standard InChI is InChI=1S/C24H16S4/c1-3-7-17(8-4-1)25-19-11-13-21-23(15-19)27-22-14-12-20(16-24(22)28-21)26-18-9-5-2-6-10-18/h1-16H. The summed E-state index contributed by atoms with van der Waals surface area (Å²) in [7, 11) is 0. The van der Waals surface area contributed by atoms with Gasteiger partial charge in [-0.05, 0) is 60.7 Å². The first-order valence-corrected chi connectivity index (χ1v) is 12.2. The van der Waals surface area contributed by atoms with Crippen molar-refractivity contribution in [3.8, 4) is 0 Å². The Balaban J connectivity index is 1.37. The summed E-state index contributed by atoms with van der Waals surface area (Å²) in [5.41, 5.74) is 0. The summed E-state index contributed by atoms with van der Waals surface area (Å²) < 4.78 is 0. The minimum atomic E-state index is 1.28. The Bertz CT molecular complexity index is 1020. The summed E-state index contributed by atoms with van der Waals surface area (Å²) in [5.74, 6) is 0. The Labute approximate surface area is 182 Å². The quantitative estimate of drug-likeness (QED) is 0.279. The maximum Gasteiger partial charge on any atom is 0.0273 e. The minimum Gasteiger partial charge on any atom is -0.0901 e. The van der Waals surface area contributed by atoms with E-state index >= 15 is 0 Å². The van der Waals surface area contributed by atoms with Crippen molar-refractivity contribution in [3.63, 3.8) is 0 Å². The van der Waals surface area contributed by atoms with Gasteiger partial charge in [-0.3, -0.25) is 0 Å². The molecule has 4 heteroatoms. The van der Waals surface area contributed by atoms with E-state index in [4.69, 9.17) is 0 Å². The minimum absolute atomic E-state index is 1.28. The van der Waals surface area contributed by atoms with Crippen LogP contribution in [-0.4, -0.2) is 0 Å². The van der Waals surface area contributed by atoms with Gasteiger partial charge in [-0.2, -0.15) is 0 Å². The smallest absolute Gasteiger partial charge is 0.0273 e. The summed E-state index contributed by atoms with van der Waals surface area (Å²) in [6.45, 7) is 0. The highest BCUT2D eigenvalue weighted by Crippen LogP contribution is 2.50. The molecule has 136 valence electrons. The zero-order chi connectivity index (χ0) is 18.8. The van der Waals surface area contributed by atoms with Crippen LogP contribution in [0, 0.1) is 0 Å². The second kappa shape index (κ2) is 8.34. The van der Waals surface area contributed by atoms with E-state index in [2.05, 4.69) is 97.1 Å². The van der Waals surface area contributed by atoms with Gasteiger partial charge in [-0.25, -0.2) is 0 Å². The molecule has 28 heavy (non-hydrogen) atoms. The second-order valence-electron chi connectivity index (χ2n) is 6.25. The first kappa shape index (κ1) is 18.3. The van der Waals surface area contributed by atoms with Gasteiger partial charge in [0.1, 0.15) is 0 Å². The summed E-state index contributed by atoms with van der Waals surface area (Å²) >= 11 is 7.40. The third-order valence-corrected chi connectivity index (χ3v) is 8.75. The van der Waals surface area contributed by atoms with Crippen molar-refractivity contribution < 1.29 is 0 Å². The molecule has 0 amide bonds. The van der Waals surface area contributed by atoms with Gasteiger partial charge in [0.2, 0.25) is 0 Å². The van der Waals surface area contributed by atoms with Gasteiger partial charge in [0.05, 0.1) is 0 Å². The van der Waals surface area contributed by atoms with Crippen LogP contribution in [0.2, 0.25) is 0 Å². The molecule has 0 nitrogen and oxygen atoms in total. The van der Waals surface area contributed by atoms with Crippen LogP contribution in [-0.2, 0) is 0 Å². The van der Waals surface area contributed by atoms with E-state index in [1.54, 1.807) is 0 Å². The van der Waals surface area contributed by atoms with E-state index in [1.165, 1.54) is 39.2 Å². The van der Waals surface area contributed by atoms with Crippen molar-refractivity contribution in [2.45, 2.75) is 39.2 Å². The third kappa shape index (κ3) is 4.15. The van der Waals surface area contributed by atoms with Gasteiger partial charge in [0.15, 0.2) is 0 Å². The van der Waals surface area contributed by atoms with Gasteiger partial charge in [0, 0.05) is 39.2 Å². The van der Waals surface area contributed by atoms with Crippen LogP contribution in [0.25, 0.3) is 0 Å². The molecule has 1 aliphatic rings.